The minimum atomic E-state index is -2.35. The fourth-order valence-corrected chi connectivity index (χ4v) is 1.50. The third-order valence-electron chi connectivity index (χ3n) is 2.24. The first-order chi connectivity index (χ1) is 8.51. The van der Waals surface area contributed by atoms with Gasteiger partial charge in [0.25, 0.3) is 0 Å². The van der Waals surface area contributed by atoms with Crippen LogP contribution in [0.1, 0.15) is 8.30 Å². The third-order valence-corrected chi connectivity index (χ3v) is 2.24. The number of carbonyl (C=O) groups is 1. The smallest absolute Gasteiger partial charge is 0.307 e. The summed E-state index contributed by atoms with van der Waals surface area (Å²) in [7, 11) is 0. The van der Waals surface area contributed by atoms with Crippen LogP contribution < -0.4 is 0 Å². The van der Waals surface area contributed by atoms with E-state index >= 15 is 0 Å². The van der Waals surface area contributed by atoms with Gasteiger partial charge in [-0.3, -0.25) is 4.79 Å². The molecule has 0 saturated heterocycles. The van der Waals surface area contributed by atoms with Gasteiger partial charge in [-0.15, -0.1) is 0 Å². The highest BCUT2D eigenvalue weighted by Gasteiger charge is 2.01. The van der Waals surface area contributed by atoms with Crippen LogP contribution in [0, 0.1) is 0 Å². The average molecular weight is 214 g/mol. The lowest BCUT2D eigenvalue weighted by molar-refractivity contribution is -0.136. The van der Waals surface area contributed by atoms with E-state index < -0.39 is 12.3 Å². The molecule has 0 saturated carbocycles. The molecule has 0 aliphatic carbocycles. The Labute approximate surface area is 97.0 Å². The molecular weight excluding hydrogens is 200 g/mol. The van der Waals surface area contributed by atoms with Crippen molar-refractivity contribution in [1.82, 2.24) is 0 Å². The molecule has 80 valence electrons. The molecule has 2 aromatic carbocycles. The molecule has 0 aliphatic rings. The predicted octanol–water partition coefficient (Wildman–Crippen LogP) is 2.98. The number of aliphatic carboxylic acids is 1. The molecule has 0 bridgehead atoms. The van der Waals surface area contributed by atoms with Crippen molar-refractivity contribution in [3.05, 3.63) is 60.2 Å². The lowest BCUT2D eigenvalue weighted by atomic mass is 10.0. The maximum absolute atomic E-state index is 10.8. The van der Waals surface area contributed by atoms with Crippen molar-refractivity contribution in [3.8, 4) is 11.1 Å². The highest BCUT2D eigenvalue weighted by Crippen LogP contribution is 2.19. The average Bonchev–Trinajstić information content (AvgIpc) is 2.40. The molecule has 2 nitrogen and oxygen atoms in total. The predicted molar refractivity (Wildman–Crippen MR) is 63.2 cm³/mol. The zero-order valence-corrected chi connectivity index (χ0v) is 8.55. The van der Waals surface area contributed by atoms with Gasteiger partial charge in [0.2, 0.25) is 0 Å². The van der Waals surface area contributed by atoms with Crippen LogP contribution in [0.15, 0.2) is 54.6 Å². The molecule has 2 heteroatoms. The lowest BCUT2D eigenvalue weighted by Crippen LogP contribution is -1.99. The van der Waals surface area contributed by atoms with Crippen molar-refractivity contribution in [2.24, 2.45) is 0 Å². The molecule has 2 rings (SSSR count). The Kier molecular flexibility index (Phi) is 2.34. The SMILES string of the molecule is [2H]C([2H])(C(=O)O)c1ccc(-c2ccccc2)cc1. The Morgan fingerprint density at radius 1 is 1.00 bits per heavy atom. The van der Waals surface area contributed by atoms with Gasteiger partial charge in [0.05, 0.1) is 6.37 Å². The van der Waals surface area contributed by atoms with Crippen molar-refractivity contribution in [1.29, 1.82) is 0 Å². The number of carboxylic acid groups (broad SMARTS) is 1. The summed E-state index contributed by atoms with van der Waals surface area (Å²) < 4.78 is 14.9. The highest BCUT2D eigenvalue weighted by atomic mass is 16.4. The van der Waals surface area contributed by atoms with E-state index in [9.17, 15) is 4.79 Å². The Morgan fingerprint density at radius 3 is 2.12 bits per heavy atom. The number of carboxylic acids is 1. The van der Waals surface area contributed by atoms with Gasteiger partial charge in [-0.1, -0.05) is 54.6 Å². The number of benzene rings is 2. The van der Waals surface area contributed by atoms with Gasteiger partial charge in [-0.2, -0.15) is 0 Å². The third kappa shape index (κ3) is 2.48. The van der Waals surface area contributed by atoms with Crippen molar-refractivity contribution in [2.45, 2.75) is 6.37 Å². The summed E-state index contributed by atoms with van der Waals surface area (Å²) in [6.45, 7) is 0. The standard InChI is InChI=1S/C14H12O2/c15-14(16)10-11-6-8-13(9-7-11)12-4-2-1-3-5-12/h1-9H,10H2,(H,15,16)/i10D2. The highest BCUT2D eigenvalue weighted by molar-refractivity contribution is 5.71. The molecule has 0 aliphatic heterocycles. The summed E-state index contributed by atoms with van der Waals surface area (Å²) in [6, 6.07) is 16.1. The number of hydrogen-bond acceptors (Lipinski definition) is 1. The topological polar surface area (TPSA) is 37.3 Å². The summed E-state index contributed by atoms with van der Waals surface area (Å²) in [6.07, 6.45) is -2.35. The molecule has 0 heterocycles. The number of rotatable bonds is 3. The molecule has 0 atom stereocenters. The van der Waals surface area contributed by atoms with E-state index in [0.29, 0.717) is 0 Å². The van der Waals surface area contributed by atoms with Gasteiger partial charge in [0.15, 0.2) is 0 Å². The lowest BCUT2D eigenvalue weighted by Gasteiger charge is -2.02. The minimum absolute atomic E-state index is 0.148. The molecule has 0 amide bonds. The van der Waals surface area contributed by atoms with Crippen LogP contribution in [0.25, 0.3) is 11.1 Å². The first kappa shape index (κ1) is 8.11. The number of hydrogen-bond donors (Lipinski definition) is 1. The van der Waals surface area contributed by atoms with E-state index in [4.69, 9.17) is 7.85 Å². The second kappa shape index (κ2) is 4.62. The molecular formula is C14H12O2. The zero-order valence-electron chi connectivity index (χ0n) is 10.6. The Morgan fingerprint density at radius 2 is 1.56 bits per heavy atom. The Balaban J connectivity index is 2.35. The summed E-state index contributed by atoms with van der Waals surface area (Å²) in [4.78, 5) is 10.8. The van der Waals surface area contributed by atoms with Gasteiger partial charge in [0, 0.05) is 2.74 Å². The van der Waals surface area contributed by atoms with Crippen molar-refractivity contribution in [3.63, 3.8) is 0 Å². The van der Waals surface area contributed by atoms with Gasteiger partial charge in [0.1, 0.15) is 0 Å². The molecule has 1 N–H and O–H groups in total. The van der Waals surface area contributed by atoms with Crippen LogP contribution in [0.2, 0.25) is 0 Å². The van der Waals surface area contributed by atoms with E-state index in [0.717, 1.165) is 11.1 Å². The summed E-state index contributed by atoms with van der Waals surface area (Å²) >= 11 is 0. The van der Waals surface area contributed by atoms with E-state index in [1.165, 1.54) is 12.1 Å². The van der Waals surface area contributed by atoms with Gasteiger partial charge < -0.3 is 5.11 Å². The molecule has 0 fully saturated rings. The fraction of sp³-hybridized carbons (Fsp3) is 0.0714. The van der Waals surface area contributed by atoms with Crippen LogP contribution >= 0.6 is 0 Å². The minimum Gasteiger partial charge on any atom is -0.481 e. The van der Waals surface area contributed by atoms with Crippen LogP contribution in [0.3, 0.4) is 0 Å². The summed E-state index contributed by atoms with van der Waals surface area (Å²) in [5, 5.41) is 8.81. The molecule has 0 radical (unpaired) electrons. The maximum Gasteiger partial charge on any atom is 0.307 e. The van der Waals surface area contributed by atoms with Gasteiger partial charge in [-0.25, -0.2) is 0 Å². The van der Waals surface area contributed by atoms with Gasteiger partial charge in [-0.05, 0) is 16.7 Å². The molecule has 2 aromatic rings. The van der Waals surface area contributed by atoms with E-state index in [1.54, 1.807) is 12.1 Å². The molecule has 0 spiro atoms. The Bertz CT molecular complexity index is 548. The molecule has 16 heavy (non-hydrogen) atoms. The maximum atomic E-state index is 10.8. The second-order valence-corrected chi connectivity index (χ2v) is 3.37. The van der Waals surface area contributed by atoms with Crippen LogP contribution in [0.5, 0.6) is 0 Å². The van der Waals surface area contributed by atoms with Crippen LogP contribution in [-0.4, -0.2) is 11.1 Å². The quantitative estimate of drug-likeness (QED) is 0.852. The van der Waals surface area contributed by atoms with E-state index in [2.05, 4.69) is 0 Å². The first-order valence-corrected chi connectivity index (χ1v) is 4.91. The molecule has 0 unspecified atom stereocenters. The van der Waals surface area contributed by atoms with Crippen molar-refractivity contribution >= 4 is 5.97 Å². The normalized spacial score (nSPS) is 12.8. The van der Waals surface area contributed by atoms with E-state index in [-0.39, 0.29) is 5.56 Å². The largest absolute Gasteiger partial charge is 0.481 e. The fourth-order valence-electron chi connectivity index (χ4n) is 1.50. The first-order valence-electron chi connectivity index (χ1n) is 5.91. The van der Waals surface area contributed by atoms with Crippen molar-refractivity contribution in [2.75, 3.05) is 0 Å². The zero-order chi connectivity index (χ0) is 13.2. The van der Waals surface area contributed by atoms with E-state index in [1.807, 2.05) is 30.3 Å². The van der Waals surface area contributed by atoms with Crippen LogP contribution in [0.4, 0.5) is 0 Å². The summed E-state index contributed by atoms with van der Waals surface area (Å²) in [5.74, 6) is -1.48. The van der Waals surface area contributed by atoms with Gasteiger partial charge >= 0.3 is 5.97 Å². The summed E-state index contributed by atoms with van der Waals surface area (Å²) in [5.41, 5.74) is 2.09. The van der Waals surface area contributed by atoms with Crippen LogP contribution in [-0.2, 0) is 11.2 Å². The molecule has 0 aromatic heterocycles. The Hall–Kier alpha value is -2.09. The van der Waals surface area contributed by atoms with Crippen molar-refractivity contribution < 1.29 is 12.6 Å². The second-order valence-electron chi connectivity index (χ2n) is 3.37. The monoisotopic (exact) mass is 214 g/mol.